The van der Waals surface area contributed by atoms with Crippen molar-refractivity contribution in [2.45, 2.75) is 26.2 Å². The largest absolute Gasteiger partial charge is 0.455 e. The van der Waals surface area contributed by atoms with Crippen molar-refractivity contribution in [2.24, 2.45) is 5.92 Å². The number of hydrogen-bond acceptors (Lipinski definition) is 4. The fraction of sp³-hybridized carbons (Fsp3) is 0.172. The van der Waals surface area contributed by atoms with Crippen LogP contribution in [-0.2, 0) is 12.8 Å². The van der Waals surface area contributed by atoms with Gasteiger partial charge >= 0.3 is 0 Å². The molecule has 4 nitrogen and oxygen atoms in total. The lowest BCUT2D eigenvalue weighted by molar-refractivity contribution is 0.444. The van der Waals surface area contributed by atoms with Gasteiger partial charge in [-0.2, -0.15) is 0 Å². The zero-order valence-corrected chi connectivity index (χ0v) is 18.9. The predicted octanol–water partition coefficient (Wildman–Crippen LogP) is 7.25. The Morgan fingerprint density at radius 1 is 0.545 bits per heavy atom. The second kappa shape index (κ2) is 10.6. The molecular weight excluding hydrogens is 408 g/mol. The first-order chi connectivity index (χ1) is 16.1. The molecule has 0 amide bonds. The summed E-state index contributed by atoms with van der Waals surface area (Å²) >= 11 is 0. The van der Waals surface area contributed by atoms with Crippen LogP contribution in [-0.4, -0.2) is 0 Å². The lowest BCUT2D eigenvalue weighted by Crippen LogP contribution is -2.09. The fourth-order valence-electron chi connectivity index (χ4n) is 3.91. The van der Waals surface area contributed by atoms with E-state index >= 15 is 0 Å². The minimum atomic E-state index is 0.417. The summed E-state index contributed by atoms with van der Waals surface area (Å²) in [6.45, 7) is 2.22. The molecule has 0 bridgehead atoms. The Balaban J connectivity index is 1.53. The van der Waals surface area contributed by atoms with Crippen molar-refractivity contribution in [2.75, 3.05) is 11.5 Å². The Kier molecular flexibility index (Phi) is 7.16. The Labute approximate surface area is 195 Å². The number of ether oxygens (including phenoxy) is 2. The fourth-order valence-corrected chi connectivity index (χ4v) is 3.91. The Bertz CT molecular complexity index is 1110. The van der Waals surface area contributed by atoms with Crippen LogP contribution in [0.3, 0.4) is 0 Å². The molecule has 0 saturated carbocycles. The van der Waals surface area contributed by atoms with Gasteiger partial charge in [0.15, 0.2) is 0 Å². The molecule has 0 heterocycles. The zero-order valence-electron chi connectivity index (χ0n) is 18.9. The van der Waals surface area contributed by atoms with E-state index in [2.05, 4.69) is 31.2 Å². The van der Waals surface area contributed by atoms with Crippen molar-refractivity contribution in [1.82, 2.24) is 0 Å². The average Bonchev–Trinajstić information content (AvgIpc) is 2.84. The second-order valence-electron chi connectivity index (χ2n) is 8.18. The van der Waals surface area contributed by atoms with Crippen LogP contribution in [0.25, 0.3) is 0 Å². The van der Waals surface area contributed by atoms with E-state index < -0.39 is 0 Å². The summed E-state index contributed by atoms with van der Waals surface area (Å²) < 4.78 is 12.4. The minimum Gasteiger partial charge on any atom is -0.455 e. The predicted molar refractivity (Wildman–Crippen MR) is 136 cm³/mol. The SMILES string of the molecule is CCC(Cc1ccccc1Oc1ccccc1N)Cc1ccccc1Oc1ccccc1N. The van der Waals surface area contributed by atoms with Crippen molar-refractivity contribution >= 4 is 11.4 Å². The molecule has 4 rings (SSSR count). The van der Waals surface area contributed by atoms with Gasteiger partial charge in [0.05, 0.1) is 11.4 Å². The molecule has 4 aromatic carbocycles. The third kappa shape index (κ3) is 5.66. The number of anilines is 2. The monoisotopic (exact) mass is 438 g/mol. The minimum absolute atomic E-state index is 0.417. The zero-order chi connectivity index (χ0) is 23.0. The Hall–Kier alpha value is -3.92. The van der Waals surface area contributed by atoms with Crippen molar-refractivity contribution < 1.29 is 9.47 Å². The Morgan fingerprint density at radius 3 is 1.30 bits per heavy atom. The molecule has 168 valence electrons. The lowest BCUT2D eigenvalue weighted by atomic mass is 9.90. The van der Waals surface area contributed by atoms with Gasteiger partial charge in [0.1, 0.15) is 23.0 Å². The van der Waals surface area contributed by atoms with E-state index in [0.717, 1.165) is 30.8 Å². The van der Waals surface area contributed by atoms with E-state index in [1.165, 1.54) is 11.1 Å². The molecule has 0 aromatic heterocycles. The van der Waals surface area contributed by atoms with Crippen LogP contribution in [0, 0.1) is 5.92 Å². The standard InChI is InChI=1S/C29H30N2O2/c1-2-21(19-22-11-3-7-15-26(22)32-28-17-9-5-13-24(28)30)20-23-12-4-8-16-27(23)33-29-18-10-6-14-25(29)31/h3-18,21H,2,19-20,30-31H2,1H3. The van der Waals surface area contributed by atoms with Gasteiger partial charge in [-0.05, 0) is 66.3 Å². The smallest absolute Gasteiger partial charge is 0.150 e. The highest BCUT2D eigenvalue weighted by Crippen LogP contribution is 2.34. The quantitative estimate of drug-likeness (QED) is 0.270. The van der Waals surface area contributed by atoms with Crippen LogP contribution in [0.5, 0.6) is 23.0 Å². The number of benzene rings is 4. The van der Waals surface area contributed by atoms with Crippen molar-refractivity contribution in [3.8, 4) is 23.0 Å². The van der Waals surface area contributed by atoms with Gasteiger partial charge in [-0.15, -0.1) is 0 Å². The van der Waals surface area contributed by atoms with Crippen LogP contribution in [0.1, 0.15) is 24.5 Å². The molecule has 4 heteroatoms. The van der Waals surface area contributed by atoms with Gasteiger partial charge in [0, 0.05) is 0 Å². The van der Waals surface area contributed by atoms with Gasteiger partial charge in [0.2, 0.25) is 0 Å². The average molecular weight is 439 g/mol. The first-order valence-electron chi connectivity index (χ1n) is 11.3. The molecule has 0 atom stereocenters. The van der Waals surface area contributed by atoms with Gasteiger partial charge in [-0.1, -0.05) is 74.0 Å². The first-order valence-corrected chi connectivity index (χ1v) is 11.3. The van der Waals surface area contributed by atoms with E-state index in [1.54, 1.807) is 0 Å². The van der Waals surface area contributed by atoms with E-state index in [-0.39, 0.29) is 0 Å². The highest BCUT2D eigenvalue weighted by molar-refractivity contribution is 5.55. The molecule has 0 radical (unpaired) electrons. The summed E-state index contributed by atoms with van der Waals surface area (Å²) in [4.78, 5) is 0. The van der Waals surface area contributed by atoms with E-state index in [1.807, 2.05) is 72.8 Å². The molecule has 0 saturated heterocycles. The van der Waals surface area contributed by atoms with Crippen LogP contribution < -0.4 is 20.9 Å². The maximum Gasteiger partial charge on any atom is 0.150 e. The highest BCUT2D eigenvalue weighted by atomic mass is 16.5. The summed E-state index contributed by atoms with van der Waals surface area (Å²) in [5, 5.41) is 0. The molecular formula is C29H30N2O2. The van der Waals surface area contributed by atoms with Gasteiger partial charge in [-0.25, -0.2) is 0 Å². The number of rotatable bonds is 9. The third-order valence-corrected chi connectivity index (χ3v) is 5.82. The second-order valence-corrected chi connectivity index (χ2v) is 8.18. The summed E-state index contributed by atoms with van der Waals surface area (Å²) in [6.07, 6.45) is 2.81. The van der Waals surface area contributed by atoms with E-state index in [0.29, 0.717) is 28.8 Å². The van der Waals surface area contributed by atoms with Gasteiger partial charge in [0.25, 0.3) is 0 Å². The molecule has 0 unspecified atom stereocenters. The normalized spacial score (nSPS) is 10.8. The van der Waals surface area contributed by atoms with Crippen LogP contribution in [0.4, 0.5) is 11.4 Å². The number of nitrogen functional groups attached to an aromatic ring is 2. The third-order valence-electron chi connectivity index (χ3n) is 5.82. The van der Waals surface area contributed by atoms with Gasteiger partial charge < -0.3 is 20.9 Å². The molecule has 0 spiro atoms. The lowest BCUT2D eigenvalue weighted by Gasteiger charge is -2.20. The highest BCUT2D eigenvalue weighted by Gasteiger charge is 2.16. The number of hydrogen-bond donors (Lipinski definition) is 2. The Morgan fingerprint density at radius 2 is 0.909 bits per heavy atom. The molecule has 0 fully saturated rings. The van der Waals surface area contributed by atoms with Crippen LogP contribution in [0.15, 0.2) is 97.1 Å². The number of para-hydroxylation sites is 6. The van der Waals surface area contributed by atoms with Gasteiger partial charge in [-0.3, -0.25) is 0 Å². The molecule has 4 aromatic rings. The van der Waals surface area contributed by atoms with E-state index in [4.69, 9.17) is 20.9 Å². The van der Waals surface area contributed by atoms with Crippen LogP contribution >= 0.6 is 0 Å². The summed E-state index contributed by atoms with van der Waals surface area (Å²) in [5.74, 6) is 3.46. The van der Waals surface area contributed by atoms with Crippen LogP contribution in [0.2, 0.25) is 0 Å². The topological polar surface area (TPSA) is 70.5 Å². The molecule has 0 aliphatic rings. The van der Waals surface area contributed by atoms with Crippen molar-refractivity contribution in [1.29, 1.82) is 0 Å². The van der Waals surface area contributed by atoms with E-state index in [9.17, 15) is 0 Å². The summed E-state index contributed by atoms with van der Waals surface area (Å²) in [5.41, 5.74) is 15.8. The summed E-state index contributed by atoms with van der Waals surface area (Å²) in [7, 11) is 0. The van der Waals surface area contributed by atoms with Crippen molar-refractivity contribution in [3.05, 3.63) is 108 Å². The molecule has 4 N–H and O–H groups in total. The molecule has 33 heavy (non-hydrogen) atoms. The number of nitrogens with two attached hydrogens (primary N) is 2. The summed E-state index contributed by atoms with van der Waals surface area (Å²) in [6, 6.07) is 31.5. The molecule has 0 aliphatic carbocycles. The molecule has 0 aliphatic heterocycles. The van der Waals surface area contributed by atoms with Crippen molar-refractivity contribution in [3.63, 3.8) is 0 Å². The first kappa shape index (κ1) is 22.3. The maximum atomic E-state index is 6.19. The maximum absolute atomic E-state index is 6.19.